The number of ether oxygens (including phenoxy) is 2. The molecule has 29 heavy (non-hydrogen) atoms. The van der Waals surface area contributed by atoms with E-state index in [0.29, 0.717) is 11.3 Å². The van der Waals surface area contributed by atoms with Crippen LogP contribution in [0.15, 0.2) is 48.0 Å². The van der Waals surface area contributed by atoms with Gasteiger partial charge in [0, 0.05) is 5.69 Å². The number of alkyl halides is 3. The zero-order valence-electron chi connectivity index (χ0n) is 15.1. The molecule has 0 aliphatic heterocycles. The van der Waals surface area contributed by atoms with Crippen molar-refractivity contribution in [1.82, 2.24) is 0 Å². The van der Waals surface area contributed by atoms with Crippen LogP contribution in [0, 0.1) is 22.7 Å². The molecule has 6 nitrogen and oxygen atoms in total. The third-order valence-electron chi connectivity index (χ3n) is 3.60. The summed E-state index contributed by atoms with van der Waals surface area (Å²) < 4.78 is 48.7. The molecule has 9 heteroatoms. The number of nitriles is 2. The van der Waals surface area contributed by atoms with Crippen molar-refractivity contribution in [2.45, 2.75) is 6.18 Å². The van der Waals surface area contributed by atoms with Crippen LogP contribution in [-0.4, -0.2) is 19.6 Å². The Morgan fingerprint density at radius 2 is 1.93 bits per heavy atom. The fraction of sp³-hybridized carbons (Fsp3) is 0.150. The van der Waals surface area contributed by atoms with Crippen molar-refractivity contribution in [2.24, 2.45) is 0 Å². The summed E-state index contributed by atoms with van der Waals surface area (Å²) >= 11 is 0. The molecule has 0 heterocycles. The Balaban J connectivity index is 2.25. The Hall–Kier alpha value is -3.98. The van der Waals surface area contributed by atoms with Gasteiger partial charge < -0.3 is 14.8 Å². The van der Waals surface area contributed by atoms with Crippen LogP contribution in [0.3, 0.4) is 0 Å². The van der Waals surface area contributed by atoms with Crippen molar-refractivity contribution in [3.8, 4) is 23.6 Å². The van der Waals surface area contributed by atoms with E-state index in [-0.39, 0.29) is 23.6 Å². The average Bonchev–Trinajstić information content (AvgIpc) is 2.70. The number of hydrogen-bond acceptors (Lipinski definition) is 5. The van der Waals surface area contributed by atoms with Crippen LogP contribution in [0.25, 0.3) is 6.08 Å². The Labute approximate surface area is 164 Å². The third-order valence-corrected chi connectivity index (χ3v) is 3.60. The van der Waals surface area contributed by atoms with Crippen molar-refractivity contribution >= 4 is 17.7 Å². The molecular weight excluding hydrogens is 387 g/mol. The predicted molar refractivity (Wildman–Crippen MR) is 97.8 cm³/mol. The summed E-state index contributed by atoms with van der Waals surface area (Å²) in [6.07, 6.45) is -3.31. The molecule has 0 aliphatic carbocycles. The Kier molecular flexibility index (Phi) is 6.83. The molecule has 0 fully saturated rings. The smallest absolute Gasteiger partial charge is 0.416 e. The van der Waals surface area contributed by atoms with Crippen molar-refractivity contribution in [1.29, 1.82) is 10.5 Å². The van der Waals surface area contributed by atoms with Crippen LogP contribution in [0.4, 0.5) is 18.9 Å². The van der Waals surface area contributed by atoms with E-state index in [1.165, 1.54) is 37.5 Å². The number of carbonyl (C=O) groups excluding carboxylic acids is 1. The van der Waals surface area contributed by atoms with Gasteiger partial charge in [0.25, 0.3) is 5.91 Å². The van der Waals surface area contributed by atoms with Gasteiger partial charge in [0.1, 0.15) is 17.7 Å². The van der Waals surface area contributed by atoms with E-state index in [9.17, 15) is 23.2 Å². The lowest BCUT2D eigenvalue weighted by atomic mass is 10.1. The number of nitrogens with zero attached hydrogens (tertiary/aromatic N) is 2. The third kappa shape index (κ3) is 5.75. The summed E-state index contributed by atoms with van der Waals surface area (Å²) in [5, 5.41) is 20.1. The van der Waals surface area contributed by atoms with E-state index in [1.54, 1.807) is 6.07 Å². The molecule has 0 saturated heterocycles. The number of nitrogens with one attached hydrogen (secondary N) is 1. The highest BCUT2D eigenvalue weighted by atomic mass is 19.4. The first-order valence-corrected chi connectivity index (χ1v) is 8.06. The van der Waals surface area contributed by atoms with Gasteiger partial charge in [0.2, 0.25) is 0 Å². The van der Waals surface area contributed by atoms with Gasteiger partial charge in [-0.15, -0.1) is 0 Å². The second kappa shape index (κ2) is 9.29. The summed E-state index contributed by atoms with van der Waals surface area (Å²) in [7, 11) is 1.38. The fourth-order valence-corrected chi connectivity index (χ4v) is 2.29. The number of methoxy groups -OCH3 is 1. The summed E-state index contributed by atoms with van der Waals surface area (Å²) in [5.74, 6) is -0.279. The highest BCUT2D eigenvalue weighted by Crippen LogP contribution is 2.31. The van der Waals surface area contributed by atoms with Crippen molar-refractivity contribution in [2.75, 3.05) is 19.0 Å². The maximum atomic E-state index is 12.8. The number of anilines is 1. The van der Waals surface area contributed by atoms with Gasteiger partial charge in [-0.25, -0.2) is 0 Å². The highest BCUT2D eigenvalue weighted by molar-refractivity contribution is 6.09. The molecule has 1 N–H and O–H groups in total. The molecule has 0 bridgehead atoms. The predicted octanol–water partition coefficient (Wildman–Crippen LogP) is 4.16. The molecular formula is C20H14F3N3O3. The first-order chi connectivity index (χ1) is 13.8. The molecule has 2 rings (SSSR count). The number of benzene rings is 2. The molecule has 2 aromatic carbocycles. The standard InChI is InChI=1S/C20H14F3N3O3/c1-28-18-10-13(5-6-17(18)29-8-7-24)9-14(12-25)19(27)26-16-4-2-3-15(11-16)20(21,22)23/h2-6,9-11H,8H2,1H3,(H,26,27)/b14-9+. The zero-order chi connectivity index (χ0) is 21.4. The highest BCUT2D eigenvalue weighted by Gasteiger charge is 2.30. The SMILES string of the molecule is COc1cc(/C=C(\C#N)C(=O)Nc2cccc(C(F)(F)F)c2)ccc1OCC#N. The number of carbonyl (C=O) groups is 1. The number of hydrogen-bond donors (Lipinski definition) is 1. The lowest BCUT2D eigenvalue weighted by Gasteiger charge is -2.10. The van der Waals surface area contributed by atoms with Gasteiger partial charge in [-0.2, -0.15) is 23.7 Å². The molecule has 0 atom stereocenters. The normalized spacial score (nSPS) is 11.2. The van der Waals surface area contributed by atoms with Gasteiger partial charge >= 0.3 is 6.18 Å². The quantitative estimate of drug-likeness (QED) is 0.579. The lowest BCUT2D eigenvalue weighted by molar-refractivity contribution is -0.137. The van der Waals surface area contributed by atoms with Gasteiger partial charge in [-0.05, 0) is 42.0 Å². The Morgan fingerprint density at radius 3 is 2.55 bits per heavy atom. The van der Waals surface area contributed by atoms with Gasteiger partial charge in [0.05, 0.1) is 12.7 Å². The summed E-state index contributed by atoms with van der Waals surface area (Å²) in [5.41, 5.74) is -0.920. The van der Waals surface area contributed by atoms with Crippen LogP contribution in [0.1, 0.15) is 11.1 Å². The van der Waals surface area contributed by atoms with E-state index >= 15 is 0 Å². The Bertz CT molecular complexity index is 1020. The molecule has 0 saturated carbocycles. The molecule has 0 radical (unpaired) electrons. The molecule has 0 aliphatic rings. The van der Waals surface area contributed by atoms with Gasteiger partial charge in [-0.3, -0.25) is 4.79 Å². The van der Waals surface area contributed by atoms with Crippen molar-refractivity contribution < 1.29 is 27.4 Å². The van der Waals surface area contributed by atoms with E-state index in [4.69, 9.17) is 14.7 Å². The molecule has 1 amide bonds. The number of rotatable bonds is 6. The van der Waals surface area contributed by atoms with Crippen LogP contribution in [0.5, 0.6) is 11.5 Å². The largest absolute Gasteiger partial charge is 0.493 e. The molecule has 2 aromatic rings. The summed E-state index contributed by atoms with van der Waals surface area (Å²) in [6.45, 7) is -0.186. The minimum absolute atomic E-state index is 0.0937. The molecule has 148 valence electrons. The van der Waals surface area contributed by atoms with E-state index in [0.717, 1.165) is 18.2 Å². The second-order valence-electron chi connectivity index (χ2n) is 5.56. The van der Waals surface area contributed by atoms with E-state index in [1.807, 2.05) is 6.07 Å². The molecule has 0 spiro atoms. The molecule has 0 aromatic heterocycles. The topological polar surface area (TPSA) is 95.1 Å². The molecule has 0 unspecified atom stereocenters. The first kappa shape index (κ1) is 21.3. The van der Waals surface area contributed by atoms with Crippen molar-refractivity contribution in [3.05, 3.63) is 59.2 Å². The summed E-state index contributed by atoms with van der Waals surface area (Å²) in [4.78, 5) is 12.3. The number of halogens is 3. The van der Waals surface area contributed by atoms with Crippen LogP contribution in [0.2, 0.25) is 0 Å². The minimum atomic E-state index is -4.56. The van der Waals surface area contributed by atoms with Gasteiger partial charge in [-0.1, -0.05) is 12.1 Å². The van der Waals surface area contributed by atoms with Crippen molar-refractivity contribution in [3.63, 3.8) is 0 Å². The van der Waals surface area contributed by atoms with Gasteiger partial charge in [0.15, 0.2) is 18.1 Å². The average molecular weight is 401 g/mol. The van der Waals surface area contributed by atoms with E-state index < -0.39 is 17.6 Å². The fourth-order valence-electron chi connectivity index (χ4n) is 2.29. The summed E-state index contributed by atoms with van der Waals surface area (Å²) in [6, 6.07) is 12.1. The lowest BCUT2D eigenvalue weighted by Crippen LogP contribution is -2.14. The maximum Gasteiger partial charge on any atom is 0.416 e. The first-order valence-electron chi connectivity index (χ1n) is 8.06. The maximum absolute atomic E-state index is 12.8. The van der Waals surface area contributed by atoms with E-state index in [2.05, 4.69) is 5.32 Å². The Morgan fingerprint density at radius 1 is 1.17 bits per heavy atom. The minimum Gasteiger partial charge on any atom is -0.493 e. The number of amides is 1. The monoisotopic (exact) mass is 401 g/mol. The second-order valence-corrected chi connectivity index (χ2v) is 5.56. The van der Waals surface area contributed by atoms with Crippen LogP contribution < -0.4 is 14.8 Å². The van der Waals surface area contributed by atoms with Crippen LogP contribution >= 0.6 is 0 Å². The van der Waals surface area contributed by atoms with Crippen LogP contribution in [-0.2, 0) is 11.0 Å². The zero-order valence-corrected chi connectivity index (χ0v) is 15.1.